The summed E-state index contributed by atoms with van der Waals surface area (Å²) < 4.78 is 10.6. The largest absolute Gasteiger partial charge is 0.477 e. The van der Waals surface area contributed by atoms with Crippen molar-refractivity contribution < 1.29 is 19.1 Å². The summed E-state index contributed by atoms with van der Waals surface area (Å²) in [5, 5.41) is 3.00. The van der Waals surface area contributed by atoms with Gasteiger partial charge in [-0.3, -0.25) is 4.79 Å². The Bertz CT molecular complexity index is 576. The summed E-state index contributed by atoms with van der Waals surface area (Å²) in [6.07, 6.45) is 5.11. The lowest BCUT2D eigenvalue weighted by Gasteiger charge is -2.30. The molecule has 0 aliphatic heterocycles. The molecule has 1 heterocycles. The fraction of sp³-hybridized carbons (Fsp3) is 0.611. The molecular weight excluding hydrogens is 308 g/mol. The van der Waals surface area contributed by atoms with Gasteiger partial charge in [0.15, 0.2) is 6.10 Å². The minimum atomic E-state index is -0.860. The van der Waals surface area contributed by atoms with Crippen LogP contribution in [0.3, 0.4) is 0 Å². The number of nitrogens with one attached hydrogen (secondary N) is 1. The highest BCUT2D eigenvalue weighted by Crippen LogP contribution is 2.24. The van der Waals surface area contributed by atoms with Crippen LogP contribution in [0.15, 0.2) is 18.3 Å². The maximum absolute atomic E-state index is 12.3. The van der Waals surface area contributed by atoms with Crippen molar-refractivity contribution in [3.63, 3.8) is 0 Å². The van der Waals surface area contributed by atoms with Gasteiger partial charge < -0.3 is 14.8 Å². The monoisotopic (exact) mass is 334 g/mol. The van der Waals surface area contributed by atoms with E-state index in [4.69, 9.17) is 9.47 Å². The summed E-state index contributed by atoms with van der Waals surface area (Å²) in [6.45, 7) is 5.93. The third-order valence-electron chi connectivity index (χ3n) is 4.36. The molecule has 1 aliphatic carbocycles. The van der Waals surface area contributed by atoms with Crippen molar-refractivity contribution in [1.29, 1.82) is 0 Å². The van der Waals surface area contributed by atoms with Crippen LogP contribution < -0.4 is 10.1 Å². The van der Waals surface area contributed by atoms with Gasteiger partial charge in [-0.15, -0.1) is 0 Å². The van der Waals surface area contributed by atoms with E-state index in [0.717, 1.165) is 19.3 Å². The topological polar surface area (TPSA) is 77.5 Å². The summed E-state index contributed by atoms with van der Waals surface area (Å²) in [5.41, 5.74) is 0.227. The molecule has 1 aromatic heterocycles. The Morgan fingerprint density at radius 2 is 2.12 bits per heavy atom. The number of esters is 1. The summed E-state index contributed by atoms with van der Waals surface area (Å²) in [5.74, 6) is -0.193. The van der Waals surface area contributed by atoms with Crippen molar-refractivity contribution in [1.82, 2.24) is 10.3 Å². The van der Waals surface area contributed by atoms with Crippen LogP contribution in [0.2, 0.25) is 0 Å². The molecule has 6 nitrogen and oxygen atoms in total. The number of hydrogen-bond acceptors (Lipinski definition) is 5. The Balaban J connectivity index is 1.94. The van der Waals surface area contributed by atoms with Gasteiger partial charge in [-0.05, 0) is 44.7 Å². The molecule has 1 amide bonds. The van der Waals surface area contributed by atoms with Gasteiger partial charge in [0.05, 0.1) is 6.61 Å². The van der Waals surface area contributed by atoms with E-state index in [1.165, 1.54) is 6.42 Å². The van der Waals surface area contributed by atoms with Crippen molar-refractivity contribution in [2.24, 2.45) is 5.92 Å². The molecule has 0 radical (unpaired) electrons. The number of ether oxygens (including phenoxy) is 2. The molecule has 1 saturated carbocycles. The fourth-order valence-electron chi connectivity index (χ4n) is 2.91. The number of amides is 1. The first-order valence-corrected chi connectivity index (χ1v) is 8.62. The predicted octanol–water partition coefficient (Wildman–Crippen LogP) is 2.72. The van der Waals surface area contributed by atoms with Gasteiger partial charge in [-0.1, -0.05) is 19.8 Å². The van der Waals surface area contributed by atoms with Crippen molar-refractivity contribution >= 4 is 11.9 Å². The SMILES string of the molecule is CCOc1ncccc1C(=O)OC(C)C(=O)NC1CCCCC1C. The minimum Gasteiger partial charge on any atom is -0.477 e. The van der Waals surface area contributed by atoms with Gasteiger partial charge in [0, 0.05) is 12.2 Å². The summed E-state index contributed by atoms with van der Waals surface area (Å²) in [4.78, 5) is 28.6. The van der Waals surface area contributed by atoms with Crippen LogP contribution in [0.1, 0.15) is 56.8 Å². The first-order chi connectivity index (χ1) is 11.5. The van der Waals surface area contributed by atoms with Crippen LogP contribution in [-0.2, 0) is 9.53 Å². The standard InChI is InChI=1S/C18H26N2O4/c1-4-23-17-14(9-7-11-19-17)18(22)24-13(3)16(21)20-15-10-6-5-8-12(15)2/h7,9,11-13,15H,4-6,8,10H2,1-3H3,(H,20,21). The zero-order valence-corrected chi connectivity index (χ0v) is 14.6. The Morgan fingerprint density at radius 3 is 2.83 bits per heavy atom. The summed E-state index contributed by atoms with van der Waals surface area (Å²) in [6, 6.07) is 3.37. The third-order valence-corrected chi connectivity index (χ3v) is 4.36. The highest BCUT2D eigenvalue weighted by molar-refractivity contribution is 5.94. The smallest absolute Gasteiger partial charge is 0.344 e. The quantitative estimate of drug-likeness (QED) is 0.809. The second kappa shape index (κ2) is 8.66. The fourth-order valence-corrected chi connectivity index (χ4v) is 2.91. The van der Waals surface area contributed by atoms with Gasteiger partial charge in [-0.2, -0.15) is 0 Å². The maximum Gasteiger partial charge on any atom is 0.344 e. The molecule has 0 saturated heterocycles. The van der Waals surface area contributed by atoms with Crippen LogP contribution >= 0.6 is 0 Å². The Morgan fingerprint density at radius 1 is 1.38 bits per heavy atom. The van der Waals surface area contributed by atoms with E-state index in [0.29, 0.717) is 12.5 Å². The minimum absolute atomic E-state index is 0.157. The number of hydrogen-bond donors (Lipinski definition) is 1. The second-order valence-electron chi connectivity index (χ2n) is 6.21. The molecule has 3 atom stereocenters. The molecule has 2 rings (SSSR count). The lowest BCUT2D eigenvalue weighted by molar-refractivity contribution is -0.130. The zero-order chi connectivity index (χ0) is 17.5. The number of carbonyl (C=O) groups is 2. The molecule has 6 heteroatoms. The number of carbonyl (C=O) groups excluding carboxylic acids is 2. The van der Waals surface area contributed by atoms with Crippen molar-refractivity contribution in [2.45, 2.75) is 58.6 Å². The van der Waals surface area contributed by atoms with Crippen LogP contribution in [0.4, 0.5) is 0 Å². The van der Waals surface area contributed by atoms with Gasteiger partial charge in [0.1, 0.15) is 5.56 Å². The molecule has 0 aromatic carbocycles. The average Bonchev–Trinajstić information content (AvgIpc) is 2.57. The number of pyridine rings is 1. The molecule has 1 N–H and O–H groups in total. The zero-order valence-electron chi connectivity index (χ0n) is 14.6. The maximum atomic E-state index is 12.3. The summed E-state index contributed by atoms with van der Waals surface area (Å²) in [7, 11) is 0. The van der Waals surface area contributed by atoms with E-state index in [-0.39, 0.29) is 23.4 Å². The number of aromatic nitrogens is 1. The highest BCUT2D eigenvalue weighted by Gasteiger charge is 2.27. The van der Waals surface area contributed by atoms with Gasteiger partial charge in [0.2, 0.25) is 5.88 Å². The first kappa shape index (κ1) is 18.2. The number of nitrogens with zero attached hydrogens (tertiary/aromatic N) is 1. The van der Waals surface area contributed by atoms with Crippen molar-refractivity contribution in [3.05, 3.63) is 23.9 Å². The Kier molecular flexibility index (Phi) is 6.58. The summed E-state index contributed by atoms with van der Waals surface area (Å²) >= 11 is 0. The van der Waals surface area contributed by atoms with E-state index in [1.807, 2.05) is 6.92 Å². The molecular formula is C18H26N2O4. The van der Waals surface area contributed by atoms with Gasteiger partial charge in [0.25, 0.3) is 5.91 Å². The van der Waals surface area contributed by atoms with Gasteiger partial charge in [-0.25, -0.2) is 9.78 Å². The van der Waals surface area contributed by atoms with Gasteiger partial charge >= 0.3 is 5.97 Å². The van der Waals surface area contributed by atoms with Crippen LogP contribution in [-0.4, -0.2) is 35.6 Å². The molecule has 24 heavy (non-hydrogen) atoms. The highest BCUT2D eigenvalue weighted by atomic mass is 16.5. The van der Waals surface area contributed by atoms with E-state index in [2.05, 4.69) is 17.2 Å². The number of rotatable bonds is 6. The van der Waals surface area contributed by atoms with E-state index in [1.54, 1.807) is 25.3 Å². The Hall–Kier alpha value is -2.11. The van der Waals surface area contributed by atoms with Crippen molar-refractivity contribution in [3.8, 4) is 5.88 Å². The van der Waals surface area contributed by atoms with E-state index >= 15 is 0 Å². The lowest BCUT2D eigenvalue weighted by Crippen LogP contribution is -2.46. The van der Waals surface area contributed by atoms with Crippen molar-refractivity contribution in [2.75, 3.05) is 6.61 Å². The molecule has 132 valence electrons. The molecule has 3 unspecified atom stereocenters. The van der Waals surface area contributed by atoms with E-state index in [9.17, 15) is 9.59 Å². The van der Waals surface area contributed by atoms with Crippen LogP contribution in [0, 0.1) is 5.92 Å². The predicted molar refractivity (Wildman–Crippen MR) is 89.8 cm³/mol. The molecule has 1 aliphatic rings. The third kappa shape index (κ3) is 4.69. The lowest BCUT2D eigenvalue weighted by atomic mass is 9.86. The molecule has 1 aromatic rings. The normalized spacial score (nSPS) is 21.6. The average molecular weight is 334 g/mol. The molecule has 1 fully saturated rings. The first-order valence-electron chi connectivity index (χ1n) is 8.62. The van der Waals surface area contributed by atoms with Crippen LogP contribution in [0.5, 0.6) is 5.88 Å². The molecule has 0 spiro atoms. The van der Waals surface area contributed by atoms with Crippen LogP contribution in [0.25, 0.3) is 0 Å². The second-order valence-corrected chi connectivity index (χ2v) is 6.21. The Labute approximate surface area is 142 Å². The molecule has 0 bridgehead atoms. The van der Waals surface area contributed by atoms with E-state index < -0.39 is 12.1 Å².